The number of hydrogen-bond acceptors (Lipinski definition) is 4. The lowest BCUT2D eigenvalue weighted by atomic mass is 10.1. The van der Waals surface area contributed by atoms with Gasteiger partial charge in [-0.3, -0.25) is 4.79 Å². The fraction of sp³-hybridized carbons (Fsp3) is 0.118. The van der Waals surface area contributed by atoms with Crippen molar-refractivity contribution in [1.82, 2.24) is 15.5 Å². The highest BCUT2D eigenvalue weighted by Crippen LogP contribution is 2.16. The third-order valence-corrected chi connectivity index (χ3v) is 3.54. The summed E-state index contributed by atoms with van der Waals surface area (Å²) < 4.78 is 5.16. The van der Waals surface area contributed by atoms with Crippen LogP contribution in [0.2, 0.25) is 5.02 Å². The Hall–Kier alpha value is -2.66. The maximum absolute atomic E-state index is 12.0. The lowest BCUT2D eigenvalue weighted by Crippen LogP contribution is -2.22. The molecule has 116 valence electrons. The molecule has 0 aliphatic heterocycles. The average molecular weight is 328 g/mol. The molecule has 0 saturated heterocycles. The minimum atomic E-state index is -0.225. The van der Waals surface area contributed by atoms with Gasteiger partial charge in [0.1, 0.15) is 0 Å². The van der Waals surface area contributed by atoms with Crippen molar-refractivity contribution in [3.8, 4) is 11.4 Å². The Morgan fingerprint density at radius 1 is 1.13 bits per heavy atom. The molecular formula is C17H14ClN3O2. The topological polar surface area (TPSA) is 68.0 Å². The van der Waals surface area contributed by atoms with Crippen molar-refractivity contribution in [2.75, 3.05) is 0 Å². The number of halogens is 1. The van der Waals surface area contributed by atoms with E-state index < -0.39 is 0 Å². The maximum Gasteiger partial charge on any atom is 0.251 e. The third kappa shape index (κ3) is 3.76. The first kappa shape index (κ1) is 15.2. The fourth-order valence-corrected chi connectivity index (χ4v) is 2.13. The number of amides is 1. The van der Waals surface area contributed by atoms with Gasteiger partial charge in [0.05, 0.1) is 6.54 Å². The second-order valence-electron chi connectivity index (χ2n) is 5.07. The molecule has 3 aromatic rings. The van der Waals surface area contributed by atoms with E-state index >= 15 is 0 Å². The quantitative estimate of drug-likeness (QED) is 0.794. The number of nitrogens with zero attached hydrogens (tertiary/aromatic N) is 2. The molecule has 1 aromatic heterocycles. The van der Waals surface area contributed by atoms with E-state index in [0.717, 1.165) is 11.1 Å². The zero-order chi connectivity index (χ0) is 16.2. The SMILES string of the molecule is Cc1ccc(-c2noc(CNC(=O)c3ccc(Cl)cc3)n2)cc1. The molecule has 23 heavy (non-hydrogen) atoms. The van der Waals surface area contributed by atoms with Crippen LogP contribution in [0.15, 0.2) is 53.1 Å². The minimum absolute atomic E-state index is 0.167. The predicted molar refractivity (Wildman–Crippen MR) is 87.1 cm³/mol. The van der Waals surface area contributed by atoms with Gasteiger partial charge in [-0.15, -0.1) is 0 Å². The Morgan fingerprint density at radius 2 is 1.83 bits per heavy atom. The van der Waals surface area contributed by atoms with Crippen LogP contribution in [0.5, 0.6) is 0 Å². The van der Waals surface area contributed by atoms with Crippen molar-refractivity contribution in [3.05, 3.63) is 70.6 Å². The second-order valence-corrected chi connectivity index (χ2v) is 5.50. The standard InChI is InChI=1S/C17H14ClN3O2/c1-11-2-4-12(5-3-11)16-20-15(23-21-16)10-19-17(22)13-6-8-14(18)9-7-13/h2-9H,10H2,1H3,(H,19,22). The van der Waals surface area contributed by atoms with Crippen LogP contribution in [0.3, 0.4) is 0 Å². The summed E-state index contributed by atoms with van der Waals surface area (Å²) in [5, 5.41) is 7.24. The molecule has 0 aliphatic rings. The van der Waals surface area contributed by atoms with Crippen molar-refractivity contribution in [3.63, 3.8) is 0 Å². The van der Waals surface area contributed by atoms with Crippen molar-refractivity contribution in [2.45, 2.75) is 13.5 Å². The van der Waals surface area contributed by atoms with Crippen LogP contribution < -0.4 is 5.32 Å². The van der Waals surface area contributed by atoms with Crippen molar-refractivity contribution in [2.24, 2.45) is 0 Å². The molecule has 1 N–H and O–H groups in total. The van der Waals surface area contributed by atoms with Gasteiger partial charge in [-0.05, 0) is 31.2 Å². The Morgan fingerprint density at radius 3 is 2.52 bits per heavy atom. The number of nitrogens with one attached hydrogen (secondary N) is 1. The largest absolute Gasteiger partial charge is 0.343 e. The molecule has 0 bridgehead atoms. The van der Waals surface area contributed by atoms with Gasteiger partial charge < -0.3 is 9.84 Å². The summed E-state index contributed by atoms with van der Waals surface area (Å²) in [6.45, 7) is 2.18. The van der Waals surface area contributed by atoms with Crippen molar-refractivity contribution < 1.29 is 9.32 Å². The second kappa shape index (κ2) is 6.62. The van der Waals surface area contributed by atoms with Crippen molar-refractivity contribution >= 4 is 17.5 Å². The molecule has 0 fully saturated rings. The average Bonchev–Trinajstić information content (AvgIpc) is 3.03. The van der Waals surface area contributed by atoms with E-state index in [1.165, 1.54) is 0 Å². The minimum Gasteiger partial charge on any atom is -0.343 e. The van der Waals surface area contributed by atoms with Crippen LogP contribution in [-0.4, -0.2) is 16.0 Å². The van der Waals surface area contributed by atoms with Crippen molar-refractivity contribution in [1.29, 1.82) is 0 Å². The zero-order valence-corrected chi connectivity index (χ0v) is 13.2. The summed E-state index contributed by atoms with van der Waals surface area (Å²) in [6.07, 6.45) is 0. The van der Waals surface area contributed by atoms with Gasteiger partial charge in [0.25, 0.3) is 5.91 Å². The number of carbonyl (C=O) groups excluding carboxylic acids is 1. The summed E-state index contributed by atoms with van der Waals surface area (Å²) in [7, 11) is 0. The van der Waals surface area contributed by atoms with E-state index in [0.29, 0.717) is 22.3 Å². The Kier molecular flexibility index (Phi) is 4.39. The first-order valence-electron chi connectivity index (χ1n) is 7.05. The monoisotopic (exact) mass is 327 g/mol. The van der Waals surface area contributed by atoms with Gasteiger partial charge >= 0.3 is 0 Å². The highest BCUT2D eigenvalue weighted by Gasteiger charge is 2.10. The molecule has 0 aliphatic carbocycles. The van der Waals surface area contributed by atoms with Crippen LogP contribution in [0, 0.1) is 6.92 Å². The van der Waals surface area contributed by atoms with E-state index in [1.807, 2.05) is 31.2 Å². The van der Waals surface area contributed by atoms with E-state index in [1.54, 1.807) is 24.3 Å². The molecule has 0 spiro atoms. The van der Waals surface area contributed by atoms with E-state index in [4.69, 9.17) is 16.1 Å². The lowest BCUT2D eigenvalue weighted by molar-refractivity contribution is 0.0946. The van der Waals surface area contributed by atoms with E-state index in [9.17, 15) is 4.79 Å². The molecule has 0 atom stereocenters. The van der Waals surface area contributed by atoms with Gasteiger partial charge in [-0.2, -0.15) is 4.98 Å². The highest BCUT2D eigenvalue weighted by molar-refractivity contribution is 6.30. The van der Waals surface area contributed by atoms with Crippen LogP contribution in [0.1, 0.15) is 21.8 Å². The Bertz CT molecular complexity index is 811. The first-order valence-corrected chi connectivity index (χ1v) is 7.43. The van der Waals surface area contributed by atoms with Crippen LogP contribution in [0.25, 0.3) is 11.4 Å². The normalized spacial score (nSPS) is 10.5. The molecule has 2 aromatic carbocycles. The molecular weight excluding hydrogens is 314 g/mol. The maximum atomic E-state index is 12.0. The summed E-state index contributed by atoms with van der Waals surface area (Å²) in [5.74, 6) is 0.625. The molecule has 6 heteroatoms. The number of hydrogen-bond donors (Lipinski definition) is 1. The van der Waals surface area contributed by atoms with Crippen LogP contribution in [0.4, 0.5) is 0 Å². The number of carbonyl (C=O) groups is 1. The third-order valence-electron chi connectivity index (χ3n) is 3.28. The van der Waals surface area contributed by atoms with Gasteiger partial charge in [-0.25, -0.2) is 0 Å². The molecule has 3 rings (SSSR count). The fourth-order valence-electron chi connectivity index (χ4n) is 2.01. The van der Waals surface area contributed by atoms with Gasteiger partial charge in [0.2, 0.25) is 11.7 Å². The number of rotatable bonds is 4. The molecule has 0 saturated carbocycles. The van der Waals surface area contributed by atoms with Gasteiger partial charge in [-0.1, -0.05) is 46.6 Å². The Balaban J connectivity index is 1.64. The zero-order valence-electron chi connectivity index (χ0n) is 12.4. The molecule has 0 unspecified atom stereocenters. The lowest BCUT2D eigenvalue weighted by Gasteiger charge is -2.02. The van der Waals surface area contributed by atoms with E-state index in [2.05, 4.69) is 15.5 Å². The summed E-state index contributed by atoms with van der Waals surface area (Å²) in [6, 6.07) is 14.5. The number of benzene rings is 2. The summed E-state index contributed by atoms with van der Waals surface area (Å²) in [4.78, 5) is 16.3. The predicted octanol–water partition coefficient (Wildman–Crippen LogP) is 3.63. The number of aryl methyl sites for hydroxylation is 1. The number of aromatic nitrogens is 2. The molecule has 5 nitrogen and oxygen atoms in total. The highest BCUT2D eigenvalue weighted by atomic mass is 35.5. The summed E-state index contributed by atoms with van der Waals surface area (Å²) >= 11 is 5.80. The molecule has 1 amide bonds. The molecule has 1 heterocycles. The van der Waals surface area contributed by atoms with Crippen LogP contribution in [-0.2, 0) is 6.54 Å². The molecule has 0 radical (unpaired) electrons. The van der Waals surface area contributed by atoms with Gasteiger partial charge in [0.15, 0.2) is 0 Å². The smallest absolute Gasteiger partial charge is 0.251 e. The first-order chi connectivity index (χ1) is 11.1. The Labute approximate surface area is 138 Å². The van der Waals surface area contributed by atoms with E-state index in [-0.39, 0.29) is 12.5 Å². The summed E-state index contributed by atoms with van der Waals surface area (Å²) in [5.41, 5.74) is 2.55. The van der Waals surface area contributed by atoms with Gasteiger partial charge in [0, 0.05) is 16.1 Å². The van der Waals surface area contributed by atoms with Crippen LogP contribution >= 0.6 is 11.6 Å².